The molecule has 2 atom stereocenters. The molecule has 0 radical (unpaired) electrons. The molecule has 0 bridgehead atoms. The molecule has 4 nitrogen and oxygen atoms in total. The van der Waals surface area contributed by atoms with E-state index in [-0.39, 0.29) is 11.9 Å². The number of hydrogen-bond donors (Lipinski definition) is 3. The lowest BCUT2D eigenvalue weighted by Crippen LogP contribution is -2.47. The molecule has 0 aliphatic carbocycles. The zero-order valence-electron chi connectivity index (χ0n) is 13.4. The van der Waals surface area contributed by atoms with Gasteiger partial charge in [0.15, 0.2) is 0 Å². The summed E-state index contributed by atoms with van der Waals surface area (Å²) in [7, 11) is 0. The third-order valence-electron chi connectivity index (χ3n) is 4.15. The van der Waals surface area contributed by atoms with Crippen LogP contribution < -0.4 is 16.0 Å². The first-order valence-electron chi connectivity index (χ1n) is 8.20. The largest absolute Gasteiger partial charge is 0.356 e. The molecule has 23 heavy (non-hydrogen) atoms. The normalized spacial score (nSPS) is 20.7. The van der Waals surface area contributed by atoms with Gasteiger partial charge >= 0.3 is 0 Å². The van der Waals surface area contributed by atoms with Crippen molar-refractivity contribution in [1.29, 1.82) is 0 Å². The van der Waals surface area contributed by atoms with Gasteiger partial charge in [-0.2, -0.15) is 0 Å². The molecule has 3 N–H and O–H groups in total. The number of anilines is 3. The fraction of sp³-hybridized carbons (Fsp3) is 0.316. The van der Waals surface area contributed by atoms with Gasteiger partial charge in [-0.15, -0.1) is 0 Å². The number of piperidine rings is 1. The highest BCUT2D eigenvalue weighted by atomic mass is 16.2. The van der Waals surface area contributed by atoms with Gasteiger partial charge in [-0.25, -0.2) is 0 Å². The minimum absolute atomic E-state index is 0.0559. The second kappa shape index (κ2) is 7.29. The number of para-hydroxylation sites is 1. The van der Waals surface area contributed by atoms with Crippen LogP contribution in [0.15, 0.2) is 54.6 Å². The molecule has 1 aliphatic rings. The van der Waals surface area contributed by atoms with Crippen LogP contribution in [0.1, 0.15) is 26.2 Å². The topological polar surface area (TPSA) is 53.2 Å². The van der Waals surface area contributed by atoms with Gasteiger partial charge in [0.05, 0.1) is 6.04 Å². The van der Waals surface area contributed by atoms with E-state index < -0.39 is 0 Å². The minimum atomic E-state index is -0.0825. The Labute approximate surface area is 137 Å². The van der Waals surface area contributed by atoms with Gasteiger partial charge in [0.25, 0.3) is 0 Å². The number of nitrogens with one attached hydrogen (secondary N) is 3. The number of benzene rings is 2. The first-order chi connectivity index (χ1) is 11.2. The Hall–Kier alpha value is -2.33. The first-order valence-corrected chi connectivity index (χ1v) is 8.20. The second-order valence-electron chi connectivity index (χ2n) is 6.11. The van der Waals surface area contributed by atoms with Crippen molar-refractivity contribution in [2.45, 2.75) is 38.3 Å². The van der Waals surface area contributed by atoms with Gasteiger partial charge in [-0.05, 0) is 62.6 Å². The summed E-state index contributed by atoms with van der Waals surface area (Å²) >= 11 is 0. The van der Waals surface area contributed by atoms with Crippen molar-refractivity contribution in [1.82, 2.24) is 5.32 Å². The van der Waals surface area contributed by atoms with Crippen molar-refractivity contribution in [3.63, 3.8) is 0 Å². The Balaban J connectivity index is 1.58. The maximum absolute atomic E-state index is 12.3. The minimum Gasteiger partial charge on any atom is -0.356 e. The maximum Gasteiger partial charge on any atom is 0.241 e. The van der Waals surface area contributed by atoms with Gasteiger partial charge < -0.3 is 16.0 Å². The Bertz CT molecular complexity index is 639. The van der Waals surface area contributed by atoms with Gasteiger partial charge in [0.1, 0.15) is 0 Å². The van der Waals surface area contributed by atoms with Crippen LogP contribution in [0.2, 0.25) is 0 Å². The van der Waals surface area contributed by atoms with Crippen molar-refractivity contribution >= 4 is 23.0 Å². The highest BCUT2D eigenvalue weighted by Crippen LogP contribution is 2.19. The fourth-order valence-corrected chi connectivity index (χ4v) is 2.90. The molecule has 1 fully saturated rings. The average molecular weight is 309 g/mol. The van der Waals surface area contributed by atoms with Gasteiger partial charge in [-0.3, -0.25) is 4.79 Å². The van der Waals surface area contributed by atoms with E-state index in [0.717, 1.165) is 36.3 Å². The lowest BCUT2D eigenvalue weighted by molar-refractivity contribution is -0.118. The van der Waals surface area contributed by atoms with Crippen LogP contribution in [0.25, 0.3) is 0 Å². The van der Waals surface area contributed by atoms with E-state index in [1.165, 1.54) is 0 Å². The van der Waals surface area contributed by atoms with Crippen LogP contribution in [0, 0.1) is 0 Å². The summed E-state index contributed by atoms with van der Waals surface area (Å²) in [5, 5.41) is 9.68. The van der Waals surface area contributed by atoms with E-state index in [1.807, 2.05) is 54.6 Å². The van der Waals surface area contributed by atoms with Crippen molar-refractivity contribution in [2.24, 2.45) is 0 Å². The molecule has 1 saturated heterocycles. The van der Waals surface area contributed by atoms with Gasteiger partial charge in [0.2, 0.25) is 5.91 Å². The predicted octanol–water partition coefficient (Wildman–Crippen LogP) is 3.90. The standard InChI is InChI=1S/C19H23N3O/c1-14-6-5-9-18(20-14)19(23)22-17-12-10-16(11-13-17)21-15-7-3-2-4-8-15/h2-4,7-8,10-14,18,20-21H,5-6,9H2,1H3,(H,22,23). The molecule has 0 spiro atoms. The summed E-state index contributed by atoms with van der Waals surface area (Å²) in [6, 6.07) is 18.1. The van der Waals surface area contributed by atoms with Crippen LogP contribution in [0.3, 0.4) is 0 Å². The molecule has 1 aliphatic heterocycles. The van der Waals surface area contributed by atoms with Crippen molar-refractivity contribution in [2.75, 3.05) is 10.6 Å². The van der Waals surface area contributed by atoms with E-state index in [2.05, 4.69) is 22.9 Å². The maximum atomic E-state index is 12.3. The second-order valence-corrected chi connectivity index (χ2v) is 6.11. The van der Waals surface area contributed by atoms with Crippen LogP contribution >= 0.6 is 0 Å². The summed E-state index contributed by atoms with van der Waals surface area (Å²) in [4.78, 5) is 12.3. The number of amides is 1. The third-order valence-corrected chi connectivity index (χ3v) is 4.15. The predicted molar refractivity (Wildman–Crippen MR) is 95.0 cm³/mol. The Morgan fingerprint density at radius 2 is 1.61 bits per heavy atom. The van der Waals surface area contributed by atoms with E-state index in [1.54, 1.807) is 0 Å². The first kappa shape index (κ1) is 15.6. The molecule has 0 aromatic heterocycles. The van der Waals surface area contributed by atoms with Crippen LogP contribution in [0.4, 0.5) is 17.1 Å². The lowest BCUT2D eigenvalue weighted by Gasteiger charge is -2.27. The van der Waals surface area contributed by atoms with Crippen molar-refractivity contribution < 1.29 is 4.79 Å². The van der Waals surface area contributed by atoms with Crippen molar-refractivity contribution in [3.05, 3.63) is 54.6 Å². The summed E-state index contributed by atoms with van der Waals surface area (Å²) in [6.45, 7) is 2.13. The third kappa shape index (κ3) is 4.33. The highest BCUT2D eigenvalue weighted by Gasteiger charge is 2.23. The summed E-state index contributed by atoms with van der Waals surface area (Å²) < 4.78 is 0. The zero-order valence-corrected chi connectivity index (χ0v) is 13.4. The average Bonchev–Trinajstić information content (AvgIpc) is 2.57. The smallest absolute Gasteiger partial charge is 0.241 e. The summed E-state index contributed by atoms with van der Waals surface area (Å²) in [6.07, 6.45) is 3.15. The molecule has 3 rings (SSSR count). The zero-order chi connectivity index (χ0) is 16.1. The van der Waals surface area contributed by atoms with E-state index in [9.17, 15) is 4.79 Å². The van der Waals surface area contributed by atoms with E-state index in [4.69, 9.17) is 0 Å². The molecule has 4 heteroatoms. The van der Waals surface area contributed by atoms with Crippen LogP contribution in [-0.4, -0.2) is 18.0 Å². The Morgan fingerprint density at radius 1 is 0.957 bits per heavy atom. The molecule has 2 unspecified atom stereocenters. The molecule has 2 aromatic carbocycles. The van der Waals surface area contributed by atoms with Gasteiger partial charge in [0, 0.05) is 23.1 Å². The Morgan fingerprint density at radius 3 is 2.30 bits per heavy atom. The highest BCUT2D eigenvalue weighted by molar-refractivity contribution is 5.95. The Kier molecular flexibility index (Phi) is 4.93. The van der Waals surface area contributed by atoms with Crippen LogP contribution in [-0.2, 0) is 4.79 Å². The van der Waals surface area contributed by atoms with E-state index >= 15 is 0 Å². The monoisotopic (exact) mass is 309 g/mol. The molecule has 1 heterocycles. The lowest BCUT2D eigenvalue weighted by atomic mass is 9.99. The molecule has 2 aromatic rings. The molecule has 1 amide bonds. The summed E-state index contributed by atoms with van der Waals surface area (Å²) in [5.74, 6) is 0.0559. The SMILES string of the molecule is CC1CCCC(C(=O)Nc2ccc(Nc3ccccc3)cc2)N1. The quantitative estimate of drug-likeness (QED) is 0.803. The van der Waals surface area contributed by atoms with E-state index in [0.29, 0.717) is 6.04 Å². The molecule has 0 saturated carbocycles. The fourth-order valence-electron chi connectivity index (χ4n) is 2.90. The van der Waals surface area contributed by atoms with Gasteiger partial charge in [-0.1, -0.05) is 18.2 Å². The molecular formula is C19H23N3O. The van der Waals surface area contributed by atoms with Crippen molar-refractivity contribution in [3.8, 4) is 0 Å². The summed E-state index contributed by atoms with van der Waals surface area (Å²) in [5.41, 5.74) is 2.87. The number of carbonyl (C=O) groups is 1. The molecule has 120 valence electrons. The number of hydrogen-bond acceptors (Lipinski definition) is 3. The van der Waals surface area contributed by atoms with Crippen LogP contribution in [0.5, 0.6) is 0 Å². The molecular weight excluding hydrogens is 286 g/mol. The number of rotatable bonds is 4. The number of carbonyl (C=O) groups excluding carboxylic acids is 1.